The Morgan fingerprint density at radius 2 is 2.05 bits per heavy atom. The van der Waals surface area contributed by atoms with E-state index in [0.29, 0.717) is 11.3 Å². The molecule has 0 fully saturated rings. The maximum absolute atomic E-state index is 14.2. The van der Waals surface area contributed by atoms with E-state index in [0.717, 1.165) is 13.1 Å². The molecule has 0 amide bonds. The van der Waals surface area contributed by atoms with Gasteiger partial charge in [0.15, 0.2) is 0 Å². The SMILES string of the molecule is CCN(c1ccc(C(N)=S)cc1F)C(C)CN(C)C. The highest BCUT2D eigenvalue weighted by atomic mass is 32.1. The van der Waals surface area contributed by atoms with Gasteiger partial charge in [-0.2, -0.15) is 0 Å². The Kier molecular flexibility index (Phi) is 5.69. The number of hydrogen-bond acceptors (Lipinski definition) is 3. The first-order valence-corrected chi connectivity index (χ1v) is 6.78. The summed E-state index contributed by atoms with van der Waals surface area (Å²) in [5.74, 6) is -0.280. The second-order valence-corrected chi connectivity index (χ2v) is 5.37. The number of benzene rings is 1. The largest absolute Gasteiger partial charge is 0.389 e. The van der Waals surface area contributed by atoms with Gasteiger partial charge in [0.2, 0.25) is 0 Å². The molecule has 1 aromatic rings. The number of thiocarbonyl (C=S) groups is 1. The van der Waals surface area contributed by atoms with E-state index in [4.69, 9.17) is 18.0 Å². The molecule has 0 heterocycles. The van der Waals surface area contributed by atoms with Crippen molar-refractivity contribution in [2.24, 2.45) is 5.73 Å². The molecule has 2 N–H and O–H groups in total. The van der Waals surface area contributed by atoms with Crippen molar-refractivity contribution in [3.05, 3.63) is 29.6 Å². The smallest absolute Gasteiger partial charge is 0.147 e. The number of anilines is 1. The highest BCUT2D eigenvalue weighted by Gasteiger charge is 2.17. The molecule has 0 aliphatic carbocycles. The fourth-order valence-electron chi connectivity index (χ4n) is 2.24. The molecule has 0 aliphatic rings. The first-order chi connectivity index (χ1) is 8.86. The zero-order valence-corrected chi connectivity index (χ0v) is 12.8. The Morgan fingerprint density at radius 3 is 2.47 bits per heavy atom. The standard InChI is InChI=1S/C14H22FN3S/c1-5-18(10(2)9-17(3)4)13-7-6-11(14(16)19)8-12(13)15/h6-8,10H,5,9H2,1-4H3,(H2,16,19). The average Bonchev–Trinajstić information content (AvgIpc) is 2.30. The Bertz CT molecular complexity index is 448. The Balaban J connectivity index is 3.02. The minimum atomic E-state index is -0.280. The first kappa shape index (κ1) is 15.9. The van der Waals surface area contributed by atoms with Crippen molar-refractivity contribution < 1.29 is 4.39 Å². The fourth-order valence-corrected chi connectivity index (χ4v) is 2.37. The van der Waals surface area contributed by atoms with Gasteiger partial charge in [-0.3, -0.25) is 0 Å². The summed E-state index contributed by atoms with van der Waals surface area (Å²) in [6.07, 6.45) is 0. The molecule has 19 heavy (non-hydrogen) atoms. The van der Waals surface area contributed by atoms with Crippen LogP contribution in [0.25, 0.3) is 0 Å². The molecule has 0 bridgehead atoms. The van der Waals surface area contributed by atoms with Crippen LogP contribution >= 0.6 is 12.2 Å². The van der Waals surface area contributed by atoms with Crippen molar-refractivity contribution in [1.82, 2.24) is 4.90 Å². The van der Waals surface area contributed by atoms with Crippen molar-refractivity contribution in [2.45, 2.75) is 19.9 Å². The third kappa shape index (κ3) is 4.14. The molecule has 5 heteroatoms. The predicted molar refractivity (Wildman–Crippen MR) is 83.3 cm³/mol. The van der Waals surface area contributed by atoms with E-state index in [9.17, 15) is 4.39 Å². The van der Waals surface area contributed by atoms with Crippen LogP contribution in [0.2, 0.25) is 0 Å². The number of halogens is 1. The molecule has 106 valence electrons. The van der Waals surface area contributed by atoms with Gasteiger partial charge in [0.05, 0.1) is 5.69 Å². The zero-order valence-electron chi connectivity index (χ0n) is 12.0. The van der Waals surface area contributed by atoms with Gasteiger partial charge in [-0.15, -0.1) is 0 Å². The molecule has 3 nitrogen and oxygen atoms in total. The third-order valence-electron chi connectivity index (χ3n) is 3.04. The van der Waals surface area contributed by atoms with E-state index in [1.54, 1.807) is 12.1 Å². The summed E-state index contributed by atoms with van der Waals surface area (Å²) in [5, 5.41) is 0. The first-order valence-electron chi connectivity index (χ1n) is 6.37. The highest BCUT2D eigenvalue weighted by molar-refractivity contribution is 7.80. The molecule has 0 aromatic heterocycles. The van der Waals surface area contributed by atoms with Crippen molar-refractivity contribution in [1.29, 1.82) is 0 Å². The third-order valence-corrected chi connectivity index (χ3v) is 3.28. The van der Waals surface area contributed by atoms with Crippen LogP contribution in [0, 0.1) is 5.82 Å². The van der Waals surface area contributed by atoms with Crippen LogP contribution in [0.1, 0.15) is 19.4 Å². The quantitative estimate of drug-likeness (QED) is 0.812. The maximum Gasteiger partial charge on any atom is 0.147 e. The summed E-state index contributed by atoms with van der Waals surface area (Å²) in [6, 6.07) is 5.15. The number of hydrogen-bond donors (Lipinski definition) is 1. The van der Waals surface area contributed by atoms with Gasteiger partial charge in [-0.1, -0.05) is 12.2 Å². The fraction of sp³-hybridized carbons (Fsp3) is 0.500. The second kappa shape index (κ2) is 6.82. The van der Waals surface area contributed by atoms with Gasteiger partial charge >= 0.3 is 0 Å². The van der Waals surface area contributed by atoms with Crippen molar-refractivity contribution in [2.75, 3.05) is 32.1 Å². The Hall–Kier alpha value is -1.20. The average molecular weight is 283 g/mol. The lowest BCUT2D eigenvalue weighted by Gasteiger charge is -2.32. The Morgan fingerprint density at radius 1 is 1.42 bits per heavy atom. The van der Waals surface area contributed by atoms with Crippen LogP contribution in [0.4, 0.5) is 10.1 Å². The highest BCUT2D eigenvalue weighted by Crippen LogP contribution is 2.22. The molecule has 0 aliphatic heterocycles. The van der Waals surface area contributed by atoms with E-state index < -0.39 is 0 Å². The van der Waals surface area contributed by atoms with Crippen LogP contribution in [0.3, 0.4) is 0 Å². The summed E-state index contributed by atoms with van der Waals surface area (Å²) in [4.78, 5) is 4.35. The lowest BCUT2D eigenvalue weighted by atomic mass is 10.1. The van der Waals surface area contributed by atoms with Crippen LogP contribution in [-0.4, -0.2) is 43.1 Å². The van der Waals surface area contributed by atoms with Crippen molar-refractivity contribution in [3.63, 3.8) is 0 Å². The van der Waals surface area contributed by atoms with Gasteiger partial charge in [-0.05, 0) is 46.1 Å². The van der Waals surface area contributed by atoms with Crippen LogP contribution in [0.15, 0.2) is 18.2 Å². The van der Waals surface area contributed by atoms with E-state index in [1.807, 2.05) is 25.9 Å². The predicted octanol–water partition coefficient (Wildman–Crippen LogP) is 2.24. The molecule has 0 saturated heterocycles. The lowest BCUT2D eigenvalue weighted by Crippen LogP contribution is -2.40. The zero-order chi connectivity index (χ0) is 14.6. The van der Waals surface area contributed by atoms with E-state index in [1.165, 1.54) is 6.07 Å². The number of nitrogens with zero attached hydrogens (tertiary/aromatic N) is 2. The van der Waals surface area contributed by atoms with E-state index in [2.05, 4.69) is 11.8 Å². The van der Waals surface area contributed by atoms with Gasteiger partial charge in [0, 0.05) is 24.7 Å². The van der Waals surface area contributed by atoms with Crippen LogP contribution < -0.4 is 10.6 Å². The molecule has 0 radical (unpaired) electrons. The molecule has 0 spiro atoms. The van der Waals surface area contributed by atoms with Gasteiger partial charge in [0.1, 0.15) is 10.8 Å². The summed E-state index contributed by atoms with van der Waals surface area (Å²) >= 11 is 4.86. The minimum absolute atomic E-state index is 0.217. The number of rotatable bonds is 6. The topological polar surface area (TPSA) is 32.5 Å². The van der Waals surface area contributed by atoms with Gasteiger partial charge < -0.3 is 15.5 Å². The van der Waals surface area contributed by atoms with Crippen LogP contribution in [-0.2, 0) is 0 Å². The molecule has 1 atom stereocenters. The van der Waals surface area contributed by atoms with Crippen molar-refractivity contribution in [3.8, 4) is 0 Å². The Labute approximate surface area is 120 Å². The molecule has 1 aromatic carbocycles. The minimum Gasteiger partial charge on any atom is -0.389 e. The molecule has 0 saturated carbocycles. The molecule has 1 unspecified atom stereocenters. The molecular weight excluding hydrogens is 261 g/mol. The maximum atomic E-state index is 14.2. The summed E-state index contributed by atoms with van der Waals surface area (Å²) in [5.41, 5.74) is 6.67. The second-order valence-electron chi connectivity index (χ2n) is 4.93. The van der Waals surface area contributed by atoms with E-state index >= 15 is 0 Å². The van der Waals surface area contributed by atoms with Crippen molar-refractivity contribution >= 4 is 22.9 Å². The lowest BCUT2D eigenvalue weighted by molar-refractivity contribution is 0.371. The summed E-state index contributed by atoms with van der Waals surface area (Å²) < 4.78 is 14.2. The summed E-state index contributed by atoms with van der Waals surface area (Å²) in [7, 11) is 4.02. The number of nitrogens with two attached hydrogens (primary N) is 1. The molecular formula is C14H22FN3S. The van der Waals surface area contributed by atoms with Gasteiger partial charge in [0.25, 0.3) is 0 Å². The normalized spacial score (nSPS) is 12.5. The number of likely N-dealkylation sites (N-methyl/N-ethyl adjacent to an activating group) is 2. The van der Waals surface area contributed by atoms with Crippen LogP contribution in [0.5, 0.6) is 0 Å². The van der Waals surface area contributed by atoms with E-state index in [-0.39, 0.29) is 16.8 Å². The molecule has 1 rings (SSSR count). The summed E-state index contributed by atoms with van der Waals surface area (Å²) in [6.45, 7) is 5.72. The van der Waals surface area contributed by atoms with Gasteiger partial charge in [-0.25, -0.2) is 4.39 Å². The monoisotopic (exact) mass is 283 g/mol.